The second-order valence-electron chi connectivity index (χ2n) is 5.43. The minimum Gasteiger partial charge on any atom is -0.377 e. The molecule has 1 rings (SSSR count). The smallest absolute Gasteiger partial charge is 0.191 e. The largest absolute Gasteiger partial charge is 0.377 e. The molecule has 1 aromatic carbocycles. The van der Waals surface area contributed by atoms with Crippen LogP contribution >= 0.6 is 35.6 Å². The molecule has 0 heterocycles. The summed E-state index contributed by atoms with van der Waals surface area (Å²) in [5, 5.41) is 7.36. The van der Waals surface area contributed by atoms with Crippen molar-refractivity contribution in [2.75, 3.05) is 26.7 Å². The summed E-state index contributed by atoms with van der Waals surface area (Å²) < 4.78 is 5.38. The summed E-state index contributed by atoms with van der Waals surface area (Å²) in [7, 11) is 1.70. The van der Waals surface area contributed by atoms with Crippen LogP contribution in [0.15, 0.2) is 29.3 Å². The summed E-state index contributed by atoms with van der Waals surface area (Å²) in [6.45, 7) is 8.29. The van der Waals surface area contributed by atoms with Gasteiger partial charge in [-0.3, -0.25) is 4.99 Å². The first kappa shape index (κ1) is 21.5. The maximum Gasteiger partial charge on any atom is 0.191 e. The van der Waals surface area contributed by atoms with Crippen LogP contribution in [0.3, 0.4) is 0 Å². The summed E-state index contributed by atoms with van der Waals surface area (Å²) in [6, 6.07) is 7.90. The number of guanidine groups is 1. The van der Waals surface area contributed by atoms with Gasteiger partial charge < -0.3 is 15.4 Å². The minimum absolute atomic E-state index is 0. The van der Waals surface area contributed by atoms with Crippen LogP contribution < -0.4 is 10.6 Å². The van der Waals surface area contributed by atoms with Gasteiger partial charge in [-0.25, -0.2) is 0 Å². The number of halogens is 2. The van der Waals surface area contributed by atoms with E-state index in [0.29, 0.717) is 6.54 Å². The molecular formula is C16H27ClIN3O. The van der Waals surface area contributed by atoms with Gasteiger partial charge in [0, 0.05) is 25.2 Å². The highest BCUT2D eigenvalue weighted by molar-refractivity contribution is 14.0. The Morgan fingerprint density at radius 2 is 1.95 bits per heavy atom. The van der Waals surface area contributed by atoms with Gasteiger partial charge in [0.2, 0.25) is 0 Å². The molecule has 1 aromatic rings. The maximum atomic E-state index is 6.15. The molecule has 0 bridgehead atoms. The highest BCUT2D eigenvalue weighted by Gasteiger charge is 2.15. The van der Waals surface area contributed by atoms with Crippen LogP contribution in [0.25, 0.3) is 0 Å². The molecule has 0 aliphatic carbocycles. The second kappa shape index (κ2) is 11.1. The molecule has 0 fully saturated rings. The number of benzene rings is 1. The fraction of sp³-hybridized carbons (Fsp3) is 0.562. The molecule has 0 saturated heterocycles. The summed E-state index contributed by atoms with van der Waals surface area (Å²) in [5.41, 5.74) is 0.880. The monoisotopic (exact) mass is 439 g/mol. The van der Waals surface area contributed by atoms with E-state index in [9.17, 15) is 0 Å². The van der Waals surface area contributed by atoms with Crippen LogP contribution in [-0.2, 0) is 11.2 Å². The number of nitrogens with zero attached hydrogens (tertiary/aromatic N) is 1. The number of hydrogen-bond acceptors (Lipinski definition) is 2. The summed E-state index contributed by atoms with van der Waals surface area (Å²) in [5.74, 6) is 0.801. The quantitative estimate of drug-likeness (QED) is 0.388. The lowest BCUT2D eigenvalue weighted by Gasteiger charge is -2.21. The van der Waals surface area contributed by atoms with Gasteiger partial charge >= 0.3 is 0 Å². The molecule has 0 radical (unpaired) electrons. The average molecular weight is 440 g/mol. The van der Waals surface area contributed by atoms with E-state index in [1.54, 1.807) is 7.11 Å². The van der Waals surface area contributed by atoms with E-state index < -0.39 is 0 Å². The van der Waals surface area contributed by atoms with Crippen molar-refractivity contribution in [2.45, 2.75) is 32.8 Å². The highest BCUT2D eigenvalue weighted by atomic mass is 127. The fourth-order valence-electron chi connectivity index (χ4n) is 1.69. The average Bonchev–Trinajstić information content (AvgIpc) is 2.47. The lowest BCUT2D eigenvalue weighted by molar-refractivity contribution is 0.0310. The van der Waals surface area contributed by atoms with E-state index in [1.165, 1.54) is 0 Å². The standard InChI is InChI=1S/C16H26ClN3O.HI/c1-5-18-15(20-12-16(2,3)21-4)19-11-10-13-8-6-7-9-14(13)17;/h6-9H,5,10-12H2,1-4H3,(H2,18,19,20);1H. The first-order chi connectivity index (χ1) is 9.98. The Morgan fingerprint density at radius 3 is 2.55 bits per heavy atom. The zero-order valence-electron chi connectivity index (χ0n) is 13.8. The Bertz CT molecular complexity index is 466. The predicted octanol–water partition coefficient (Wildman–Crippen LogP) is 3.48. The third kappa shape index (κ3) is 8.19. The SMILES string of the molecule is CCNC(=NCC(C)(C)OC)NCCc1ccccc1Cl.I. The molecular weight excluding hydrogens is 413 g/mol. The van der Waals surface area contributed by atoms with Gasteiger partial charge in [-0.05, 0) is 38.8 Å². The third-order valence-electron chi connectivity index (χ3n) is 3.16. The number of hydrogen-bond donors (Lipinski definition) is 2. The molecule has 2 N–H and O–H groups in total. The number of aliphatic imine (C=N–C) groups is 1. The minimum atomic E-state index is -0.259. The normalized spacial score (nSPS) is 11.8. The highest BCUT2D eigenvalue weighted by Crippen LogP contribution is 2.14. The third-order valence-corrected chi connectivity index (χ3v) is 3.53. The van der Waals surface area contributed by atoms with Crippen molar-refractivity contribution in [1.82, 2.24) is 10.6 Å². The van der Waals surface area contributed by atoms with Crippen LogP contribution in [0.5, 0.6) is 0 Å². The Balaban J connectivity index is 0.00000441. The summed E-state index contributed by atoms with van der Waals surface area (Å²) in [6.07, 6.45) is 0.859. The molecule has 0 aliphatic heterocycles. The van der Waals surface area contributed by atoms with Crippen molar-refractivity contribution in [3.05, 3.63) is 34.9 Å². The molecule has 0 aliphatic rings. The molecule has 0 atom stereocenters. The lowest BCUT2D eigenvalue weighted by atomic mass is 10.1. The molecule has 4 nitrogen and oxygen atoms in total. The van der Waals surface area contributed by atoms with Gasteiger partial charge in [-0.15, -0.1) is 24.0 Å². The number of ether oxygens (including phenoxy) is 1. The Kier molecular flexibility index (Phi) is 10.8. The van der Waals surface area contributed by atoms with Gasteiger partial charge in [0.05, 0.1) is 12.1 Å². The fourth-order valence-corrected chi connectivity index (χ4v) is 1.92. The summed E-state index contributed by atoms with van der Waals surface area (Å²) >= 11 is 6.15. The Morgan fingerprint density at radius 1 is 1.27 bits per heavy atom. The topological polar surface area (TPSA) is 45.7 Å². The van der Waals surface area contributed by atoms with Gasteiger partial charge in [0.15, 0.2) is 5.96 Å². The molecule has 6 heteroatoms. The van der Waals surface area contributed by atoms with Crippen LogP contribution in [0.1, 0.15) is 26.3 Å². The molecule has 22 heavy (non-hydrogen) atoms. The zero-order chi connectivity index (χ0) is 15.7. The van der Waals surface area contributed by atoms with Gasteiger partial charge in [0.1, 0.15) is 0 Å². The van der Waals surface area contributed by atoms with Crippen LogP contribution in [0, 0.1) is 0 Å². The molecule has 0 aromatic heterocycles. The molecule has 126 valence electrons. The van der Waals surface area contributed by atoms with Crippen LogP contribution in [0.4, 0.5) is 0 Å². The van der Waals surface area contributed by atoms with Crippen LogP contribution in [-0.4, -0.2) is 38.3 Å². The molecule has 0 saturated carbocycles. The number of methoxy groups -OCH3 is 1. The van der Waals surface area contributed by atoms with Crippen molar-refractivity contribution in [3.8, 4) is 0 Å². The van der Waals surface area contributed by atoms with E-state index in [0.717, 1.165) is 36.1 Å². The van der Waals surface area contributed by atoms with E-state index in [2.05, 4.69) is 15.6 Å². The van der Waals surface area contributed by atoms with Gasteiger partial charge in [-0.2, -0.15) is 0 Å². The molecule has 0 unspecified atom stereocenters. The molecule has 0 amide bonds. The van der Waals surface area contributed by atoms with Crippen LogP contribution in [0.2, 0.25) is 5.02 Å². The Hall–Kier alpha value is -0.530. The first-order valence-corrected chi connectivity index (χ1v) is 7.67. The Labute approximate surface area is 156 Å². The van der Waals surface area contributed by atoms with Crippen molar-refractivity contribution in [1.29, 1.82) is 0 Å². The van der Waals surface area contributed by atoms with E-state index >= 15 is 0 Å². The van der Waals surface area contributed by atoms with E-state index in [4.69, 9.17) is 16.3 Å². The zero-order valence-corrected chi connectivity index (χ0v) is 16.9. The van der Waals surface area contributed by atoms with Crippen molar-refractivity contribution in [3.63, 3.8) is 0 Å². The predicted molar refractivity (Wildman–Crippen MR) is 106 cm³/mol. The van der Waals surface area contributed by atoms with Gasteiger partial charge in [-0.1, -0.05) is 29.8 Å². The molecule has 0 spiro atoms. The number of nitrogens with one attached hydrogen (secondary N) is 2. The van der Waals surface area contributed by atoms with Crippen molar-refractivity contribution < 1.29 is 4.74 Å². The van der Waals surface area contributed by atoms with E-state index in [-0.39, 0.29) is 29.6 Å². The summed E-state index contributed by atoms with van der Waals surface area (Å²) in [4.78, 5) is 4.55. The number of rotatable bonds is 7. The van der Waals surface area contributed by atoms with E-state index in [1.807, 2.05) is 45.0 Å². The second-order valence-corrected chi connectivity index (χ2v) is 5.83. The first-order valence-electron chi connectivity index (χ1n) is 7.29. The van der Waals surface area contributed by atoms with Gasteiger partial charge in [0.25, 0.3) is 0 Å². The van der Waals surface area contributed by atoms with Crippen molar-refractivity contribution in [2.24, 2.45) is 4.99 Å². The lowest BCUT2D eigenvalue weighted by Crippen LogP contribution is -2.40. The maximum absolute atomic E-state index is 6.15. The van der Waals surface area contributed by atoms with Crippen molar-refractivity contribution >= 4 is 41.5 Å².